The molecule has 0 N–H and O–H groups in total. The third-order valence-electron chi connectivity index (χ3n) is 5.21. The van der Waals surface area contributed by atoms with E-state index in [9.17, 15) is 4.79 Å². The van der Waals surface area contributed by atoms with Gasteiger partial charge in [0.2, 0.25) is 0 Å². The third-order valence-corrected chi connectivity index (χ3v) is 6.12. The minimum absolute atomic E-state index is 0.0762. The maximum absolute atomic E-state index is 12.9. The van der Waals surface area contributed by atoms with Gasteiger partial charge in [-0.3, -0.25) is 4.79 Å². The van der Waals surface area contributed by atoms with E-state index in [0.29, 0.717) is 13.1 Å². The molecule has 0 unspecified atom stereocenters. The Balaban J connectivity index is 1.24. The maximum atomic E-state index is 12.9. The van der Waals surface area contributed by atoms with Gasteiger partial charge < -0.3 is 9.80 Å². The van der Waals surface area contributed by atoms with Gasteiger partial charge in [-0.2, -0.15) is 5.10 Å². The van der Waals surface area contributed by atoms with E-state index in [1.54, 1.807) is 28.5 Å². The molecule has 1 fully saturated rings. The number of benzene rings is 1. The van der Waals surface area contributed by atoms with Gasteiger partial charge in [0.25, 0.3) is 5.91 Å². The average Bonchev–Trinajstić information content (AvgIpc) is 3.54. The van der Waals surface area contributed by atoms with Crippen molar-refractivity contribution in [3.05, 3.63) is 78.2 Å². The highest BCUT2D eigenvalue weighted by atomic mass is 32.1. The highest BCUT2D eigenvalue weighted by molar-refractivity contribution is 7.13. The minimum atomic E-state index is 0.0762. The van der Waals surface area contributed by atoms with Gasteiger partial charge in [-0.25, -0.2) is 14.6 Å². The second-order valence-electron chi connectivity index (χ2n) is 7.02. The Bertz CT molecular complexity index is 1120. The van der Waals surface area contributed by atoms with E-state index in [0.717, 1.165) is 35.9 Å². The number of anilines is 1. The standard InChI is InChI=1S/C22H20N6OS/c29-22(18-6-4-17(5-7-18)19-3-1-14-30-19)27-12-10-26(11-13-27)20-15-21(24-16-23-20)28-9-2-8-25-28/h1-9,14-16H,10-13H2. The molecule has 30 heavy (non-hydrogen) atoms. The number of amides is 1. The molecule has 0 bridgehead atoms. The first-order chi connectivity index (χ1) is 14.8. The lowest BCUT2D eigenvalue weighted by molar-refractivity contribution is 0.0746. The normalized spacial score (nSPS) is 14.1. The summed E-state index contributed by atoms with van der Waals surface area (Å²) in [5.74, 6) is 1.66. The molecule has 7 nitrogen and oxygen atoms in total. The van der Waals surface area contributed by atoms with Crippen LogP contribution >= 0.6 is 11.3 Å². The van der Waals surface area contributed by atoms with Gasteiger partial charge >= 0.3 is 0 Å². The monoisotopic (exact) mass is 416 g/mol. The van der Waals surface area contributed by atoms with E-state index in [2.05, 4.69) is 31.4 Å². The Morgan fingerprint density at radius 3 is 2.43 bits per heavy atom. The van der Waals surface area contributed by atoms with Crippen molar-refractivity contribution < 1.29 is 4.79 Å². The van der Waals surface area contributed by atoms with Crippen molar-refractivity contribution in [2.75, 3.05) is 31.1 Å². The summed E-state index contributed by atoms with van der Waals surface area (Å²) in [5.41, 5.74) is 1.87. The minimum Gasteiger partial charge on any atom is -0.353 e. The van der Waals surface area contributed by atoms with Crippen molar-refractivity contribution in [2.45, 2.75) is 0 Å². The summed E-state index contributed by atoms with van der Waals surface area (Å²) in [6.45, 7) is 2.78. The average molecular weight is 417 g/mol. The highest BCUT2D eigenvalue weighted by Gasteiger charge is 2.23. The maximum Gasteiger partial charge on any atom is 0.253 e. The molecule has 1 aliphatic heterocycles. The summed E-state index contributed by atoms with van der Waals surface area (Å²) in [6, 6.07) is 15.8. The van der Waals surface area contributed by atoms with Gasteiger partial charge in [0, 0.05) is 55.1 Å². The zero-order valence-corrected chi connectivity index (χ0v) is 17.1. The predicted octanol–water partition coefficient (Wildman–Crippen LogP) is 3.35. The first-order valence-corrected chi connectivity index (χ1v) is 10.7. The number of carbonyl (C=O) groups excluding carboxylic acids is 1. The molecule has 0 radical (unpaired) electrons. The van der Waals surface area contributed by atoms with Crippen LogP contribution in [0.3, 0.4) is 0 Å². The van der Waals surface area contributed by atoms with Gasteiger partial charge in [-0.1, -0.05) is 18.2 Å². The number of thiophene rings is 1. The predicted molar refractivity (Wildman–Crippen MR) is 117 cm³/mol. The van der Waals surface area contributed by atoms with Crippen LogP contribution in [0.4, 0.5) is 5.82 Å². The quantitative estimate of drug-likeness (QED) is 0.510. The van der Waals surface area contributed by atoms with Crippen molar-refractivity contribution in [1.82, 2.24) is 24.6 Å². The fraction of sp³-hybridized carbons (Fsp3) is 0.182. The van der Waals surface area contributed by atoms with Crippen LogP contribution in [0.15, 0.2) is 72.6 Å². The Morgan fingerprint density at radius 2 is 1.73 bits per heavy atom. The molecule has 3 aromatic heterocycles. The van der Waals surface area contributed by atoms with Crippen LogP contribution in [0.25, 0.3) is 16.3 Å². The van der Waals surface area contributed by atoms with Crippen LogP contribution < -0.4 is 4.90 Å². The smallest absolute Gasteiger partial charge is 0.253 e. The lowest BCUT2D eigenvalue weighted by Gasteiger charge is -2.35. The second kappa shape index (κ2) is 8.08. The zero-order valence-electron chi connectivity index (χ0n) is 16.3. The molecule has 4 aromatic rings. The van der Waals surface area contributed by atoms with Crippen molar-refractivity contribution in [3.8, 4) is 16.3 Å². The number of piperazine rings is 1. The van der Waals surface area contributed by atoms with Crippen LogP contribution in [0.5, 0.6) is 0 Å². The molecule has 1 aliphatic rings. The van der Waals surface area contributed by atoms with Gasteiger partial charge in [0.15, 0.2) is 5.82 Å². The summed E-state index contributed by atoms with van der Waals surface area (Å²) >= 11 is 1.70. The largest absolute Gasteiger partial charge is 0.353 e. The molecule has 1 amide bonds. The summed E-state index contributed by atoms with van der Waals surface area (Å²) in [4.78, 5) is 26.9. The van der Waals surface area contributed by atoms with E-state index < -0.39 is 0 Å². The van der Waals surface area contributed by atoms with Gasteiger partial charge in [-0.05, 0) is 35.2 Å². The van der Waals surface area contributed by atoms with Crippen molar-refractivity contribution in [3.63, 3.8) is 0 Å². The number of hydrogen-bond donors (Lipinski definition) is 0. The SMILES string of the molecule is O=C(c1ccc(-c2cccs2)cc1)N1CCN(c2cc(-n3cccn3)ncn2)CC1. The Hall–Kier alpha value is -3.52. The second-order valence-corrected chi connectivity index (χ2v) is 7.97. The van der Waals surface area contributed by atoms with Crippen LogP contribution in [0.2, 0.25) is 0 Å². The van der Waals surface area contributed by atoms with E-state index >= 15 is 0 Å². The number of carbonyl (C=O) groups is 1. The molecule has 4 heterocycles. The topological polar surface area (TPSA) is 67.2 Å². The zero-order chi connectivity index (χ0) is 20.3. The van der Waals surface area contributed by atoms with Crippen LogP contribution in [0, 0.1) is 0 Å². The van der Waals surface area contributed by atoms with E-state index in [-0.39, 0.29) is 5.91 Å². The molecule has 150 valence electrons. The Labute approximate surface area is 178 Å². The molecule has 8 heteroatoms. The van der Waals surface area contributed by atoms with Crippen LogP contribution in [0.1, 0.15) is 10.4 Å². The Kier molecular flexibility index (Phi) is 4.98. The molecule has 5 rings (SSSR count). The van der Waals surface area contributed by atoms with Gasteiger partial charge in [0.1, 0.15) is 12.1 Å². The molecule has 0 saturated carbocycles. The first kappa shape index (κ1) is 18.5. The summed E-state index contributed by atoms with van der Waals surface area (Å²) in [7, 11) is 0. The number of aromatic nitrogens is 4. The van der Waals surface area contributed by atoms with Crippen molar-refractivity contribution >= 4 is 23.1 Å². The highest BCUT2D eigenvalue weighted by Crippen LogP contribution is 2.25. The molecule has 0 spiro atoms. The van der Waals surface area contributed by atoms with Gasteiger partial charge in [-0.15, -0.1) is 11.3 Å². The summed E-state index contributed by atoms with van der Waals surface area (Å²) in [6.07, 6.45) is 5.13. The van der Waals surface area contributed by atoms with E-state index in [1.807, 2.05) is 53.6 Å². The summed E-state index contributed by atoms with van der Waals surface area (Å²) < 4.78 is 1.71. The molecule has 1 aromatic carbocycles. The fourth-order valence-corrected chi connectivity index (χ4v) is 4.31. The Morgan fingerprint density at radius 1 is 0.933 bits per heavy atom. The first-order valence-electron chi connectivity index (χ1n) is 9.78. The summed E-state index contributed by atoms with van der Waals surface area (Å²) in [5, 5.41) is 6.28. The van der Waals surface area contributed by atoms with Crippen molar-refractivity contribution in [2.24, 2.45) is 0 Å². The molecular formula is C22H20N6OS. The lowest BCUT2D eigenvalue weighted by Crippen LogP contribution is -2.49. The number of nitrogens with zero attached hydrogens (tertiary/aromatic N) is 6. The lowest BCUT2D eigenvalue weighted by atomic mass is 10.1. The third kappa shape index (κ3) is 3.69. The molecule has 0 aliphatic carbocycles. The van der Waals surface area contributed by atoms with Crippen LogP contribution in [-0.4, -0.2) is 56.7 Å². The van der Waals surface area contributed by atoms with Crippen LogP contribution in [-0.2, 0) is 0 Å². The van der Waals surface area contributed by atoms with Crippen molar-refractivity contribution in [1.29, 1.82) is 0 Å². The fourth-order valence-electron chi connectivity index (χ4n) is 3.58. The molecule has 1 saturated heterocycles. The molecular weight excluding hydrogens is 396 g/mol. The van der Waals surface area contributed by atoms with Gasteiger partial charge in [0.05, 0.1) is 0 Å². The molecule has 0 atom stereocenters. The van der Waals surface area contributed by atoms with E-state index in [1.165, 1.54) is 4.88 Å². The number of hydrogen-bond acceptors (Lipinski definition) is 6. The van der Waals surface area contributed by atoms with E-state index in [4.69, 9.17) is 0 Å². The number of rotatable bonds is 4.